The first kappa shape index (κ1) is 34.3. The molecule has 0 aliphatic rings. The summed E-state index contributed by atoms with van der Waals surface area (Å²) in [5.41, 5.74) is 1.63. The van der Waals surface area contributed by atoms with Crippen molar-refractivity contribution in [2.24, 2.45) is 0 Å². The highest BCUT2D eigenvalue weighted by Gasteiger charge is 2.35. The Kier molecular flexibility index (Phi) is 11.9. The zero-order valence-corrected chi connectivity index (χ0v) is 28.0. The van der Waals surface area contributed by atoms with Gasteiger partial charge in [0.1, 0.15) is 12.6 Å². The van der Waals surface area contributed by atoms with Crippen molar-refractivity contribution < 1.29 is 18.0 Å². The maximum absolute atomic E-state index is 14.5. The van der Waals surface area contributed by atoms with E-state index in [0.717, 1.165) is 9.87 Å². The van der Waals surface area contributed by atoms with E-state index in [9.17, 15) is 18.0 Å². The number of carbonyl (C=O) groups is 2. The highest BCUT2D eigenvalue weighted by Crippen LogP contribution is 2.28. The number of halogens is 3. The number of amides is 2. The van der Waals surface area contributed by atoms with Crippen LogP contribution < -0.4 is 9.62 Å². The van der Waals surface area contributed by atoms with Crippen LogP contribution in [-0.2, 0) is 32.6 Å². The minimum Gasteiger partial charge on any atom is -0.352 e. The van der Waals surface area contributed by atoms with E-state index in [2.05, 4.69) is 5.32 Å². The molecule has 45 heavy (non-hydrogen) atoms. The Morgan fingerprint density at radius 3 is 2.13 bits per heavy atom. The molecule has 0 bridgehead atoms. The Bertz CT molecular complexity index is 1720. The minimum absolute atomic E-state index is 0.0334. The van der Waals surface area contributed by atoms with Crippen molar-refractivity contribution in [3.63, 3.8) is 0 Å². The van der Waals surface area contributed by atoms with Gasteiger partial charge >= 0.3 is 0 Å². The van der Waals surface area contributed by atoms with Crippen molar-refractivity contribution in [3.8, 4) is 0 Å². The average molecular weight is 687 g/mol. The highest BCUT2D eigenvalue weighted by atomic mass is 35.5. The maximum Gasteiger partial charge on any atom is 0.264 e. The Morgan fingerprint density at radius 2 is 1.49 bits per heavy atom. The fourth-order valence-corrected chi connectivity index (χ4v) is 6.61. The Hall–Kier alpha value is -3.56. The first-order valence-corrected chi connectivity index (χ1v) is 17.0. The summed E-state index contributed by atoms with van der Waals surface area (Å²) in [6, 6.07) is 27.2. The van der Waals surface area contributed by atoms with Crippen LogP contribution in [0.3, 0.4) is 0 Å². The monoisotopic (exact) mass is 685 g/mol. The summed E-state index contributed by atoms with van der Waals surface area (Å²) in [4.78, 5) is 29.7. The molecule has 4 aromatic rings. The second-order valence-electron chi connectivity index (χ2n) is 10.6. The topological polar surface area (TPSA) is 86.8 Å². The smallest absolute Gasteiger partial charge is 0.264 e. The van der Waals surface area contributed by atoms with E-state index in [-0.39, 0.29) is 35.5 Å². The first-order valence-electron chi connectivity index (χ1n) is 14.4. The number of nitrogens with one attached hydrogen (secondary N) is 1. The van der Waals surface area contributed by atoms with E-state index in [0.29, 0.717) is 27.1 Å². The SMILES string of the molecule is CC[C@@H](C)NC(=O)[C@@H](Cc1ccccc1)N(Cc1ccccc1Cl)C(=O)CN(c1cccc(Cl)c1)S(=O)(=O)c1ccc(Cl)cc1. The number of sulfonamides is 1. The molecule has 0 aliphatic heterocycles. The molecule has 7 nitrogen and oxygen atoms in total. The quantitative estimate of drug-likeness (QED) is 0.159. The molecule has 0 fully saturated rings. The van der Waals surface area contributed by atoms with Gasteiger partial charge in [0.25, 0.3) is 10.0 Å². The number of rotatable bonds is 13. The molecular formula is C34H34Cl3N3O4S. The molecule has 4 rings (SSSR count). The largest absolute Gasteiger partial charge is 0.352 e. The van der Waals surface area contributed by atoms with E-state index < -0.39 is 28.5 Å². The molecule has 0 unspecified atom stereocenters. The predicted octanol–water partition coefficient (Wildman–Crippen LogP) is 7.40. The summed E-state index contributed by atoms with van der Waals surface area (Å²) >= 11 is 18.8. The fourth-order valence-electron chi connectivity index (χ4n) is 4.70. The summed E-state index contributed by atoms with van der Waals surface area (Å²) < 4.78 is 29.1. The van der Waals surface area contributed by atoms with Crippen molar-refractivity contribution in [1.29, 1.82) is 0 Å². The third-order valence-corrected chi connectivity index (χ3v) is 9.99. The van der Waals surface area contributed by atoms with Crippen LogP contribution in [0, 0.1) is 0 Å². The van der Waals surface area contributed by atoms with E-state index in [4.69, 9.17) is 34.8 Å². The molecule has 0 saturated heterocycles. The molecule has 4 aromatic carbocycles. The number of benzene rings is 4. The molecule has 0 aromatic heterocycles. The van der Waals surface area contributed by atoms with Crippen molar-refractivity contribution in [2.45, 2.75) is 50.2 Å². The minimum atomic E-state index is -4.28. The van der Waals surface area contributed by atoms with Gasteiger partial charge in [-0.15, -0.1) is 0 Å². The molecule has 0 saturated carbocycles. The lowest BCUT2D eigenvalue weighted by atomic mass is 10.0. The molecule has 0 spiro atoms. The number of hydrogen-bond acceptors (Lipinski definition) is 4. The Morgan fingerprint density at radius 1 is 0.822 bits per heavy atom. The molecule has 236 valence electrons. The van der Waals surface area contributed by atoms with Crippen LogP contribution in [0.25, 0.3) is 0 Å². The summed E-state index contributed by atoms with van der Waals surface area (Å²) in [5, 5.41) is 4.08. The van der Waals surface area contributed by atoms with Gasteiger partial charge in [0.05, 0.1) is 10.6 Å². The molecule has 0 aliphatic carbocycles. The maximum atomic E-state index is 14.5. The second-order valence-corrected chi connectivity index (χ2v) is 13.7. The summed E-state index contributed by atoms with van der Waals surface area (Å²) in [6.07, 6.45) is 0.880. The molecule has 0 heterocycles. The Balaban J connectivity index is 1.82. The number of carbonyl (C=O) groups excluding carboxylic acids is 2. The van der Waals surface area contributed by atoms with Gasteiger partial charge in [0, 0.05) is 34.1 Å². The Labute approximate surface area is 279 Å². The van der Waals surface area contributed by atoms with Crippen LogP contribution in [-0.4, -0.2) is 43.8 Å². The van der Waals surface area contributed by atoms with Crippen molar-refractivity contribution in [1.82, 2.24) is 10.2 Å². The van der Waals surface area contributed by atoms with Crippen LogP contribution >= 0.6 is 34.8 Å². The second kappa shape index (κ2) is 15.6. The van der Waals surface area contributed by atoms with Crippen LogP contribution in [0.5, 0.6) is 0 Å². The van der Waals surface area contributed by atoms with Crippen LogP contribution in [0.4, 0.5) is 5.69 Å². The number of nitrogens with zero attached hydrogens (tertiary/aromatic N) is 2. The van der Waals surface area contributed by atoms with Crippen molar-refractivity contribution in [3.05, 3.63) is 129 Å². The number of hydrogen-bond donors (Lipinski definition) is 1. The van der Waals surface area contributed by atoms with Gasteiger partial charge < -0.3 is 10.2 Å². The lowest BCUT2D eigenvalue weighted by Gasteiger charge is -2.34. The summed E-state index contributed by atoms with van der Waals surface area (Å²) in [6.45, 7) is 3.19. The zero-order valence-electron chi connectivity index (χ0n) is 24.9. The fraction of sp³-hybridized carbons (Fsp3) is 0.235. The van der Waals surface area contributed by atoms with E-state index in [1.54, 1.807) is 42.5 Å². The van der Waals surface area contributed by atoms with Crippen molar-refractivity contribution >= 4 is 62.3 Å². The van der Waals surface area contributed by atoms with Gasteiger partial charge in [-0.1, -0.05) is 96.3 Å². The number of anilines is 1. The lowest BCUT2D eigenvalue weighted by molar-refractivity contribution is -0.140. The van der Waals surface area contributed by atoms with Crippen molar-refractivity contribution in [2.75, 3.05) is 10.8 Å². The predicted molar refractivity (Wildman–Crippen MR) is 181 cm³/mol. The average Bonchev–Trinajstić information content (AvgIpc) is 3.02. The standard InChI is InChI=1S/C34H34Cl3N3O4S/c1-3-24(2)38-34(42)32(20-25-10-5-4-6-11-25)39(22-26-12-7-8-15-31(26)37)33(41)23-40(29-14-9-13-28(36)21-29)45(43,44)30-18-16-27(35)17-19-30/h4-19,21,24,32H,3,20,22-23H2,1-2H3,(H,38,42)/t24-,32-/m1/s1. The zero-order chi connectivity index (χ0) is 32.6. The summed E-state index contributed by atoms with van der Waals surface area (Å²) in [5.74, 6) is -0.962. The molecule has 11 heteroatoms. The van der Waals surface area contributed by atoms with Gasteiger partial charge in [-0.05, 0) is 73.0 Å². The molecule has 1 N–H and O–H groups in total. The first-order chi connectivity index (χ1) is 21.5. The van der Waals surface area contributed by atoms with E-state index in [1.807, 2.05) is 44.2 Å². The molecular weight excluding hydrogens is 653 g/mol. The van der Waals surface area contributed by atoms with Crippen LogP contribution in [0.2, 0.25) is 15.1 Å². The molecule has 2 atom stereocenters. The third kappa shape index (κ3) is 9.01. The van der Waals surface area contributed by atoms with Gasteiger partial charge in [-0.2, -0.15) is 0 Å². The lowest BCUT2D eigenvalue weighted by Crippen LogP contribution is -2.54. The highest BCUT2D eigenvalue weighted by molar-refractivity contribution is 7.92. The molecule has 0 radical (unpaired) electrons. The van der Waals surface area contributed by atoms with Gasteiger partial charge in [0.15, 0.2) is 0 Å². The summed E-state index contributed by atoms with van der Waals surface area (Å²) in [7, 11) is -4.28. The third-order valence-electron chi connectivity index (χ3n) is 7.35. The van der Waals surface area contributed by atoms with Crippen LogP contribution in [0.1, 0.15) is 31.4 Å². The van der Waals surface area contributed by atoms with Crippen LogP contribution in [0.15, 0.2) is 108 Å². The van der Waals surface area contributed by atoms with E-state index >= 15 is 0 Å². The van der Waals surface area contributed by atoms with Gasteiger partial charge in [0.2, 0.25) is 11.8 Å². The van der Waals surface area contributed by atoms with E-state index in [1.165, 1.54) is 35.2 Å². The normalized spacial score (nSPS) is 12.6. The van der Waals surface area contributed by atoms with Gasteiger partial charge in [-0.25, -0.2) is 8.42 Å². The molecule has 2 amide bonds. The van der Waals surface area contributed by atoms with Gasteiger partial charge in [-0.3, -0.25) is 13.9 Å².